The molecular formula is C46H70N2O13. The number of ketones is 1. The fraction of sp³-hybridized carbons (Fsp3) is 0.891. The third-order valence-corrected chi connectivity index (χ3v) is 16.2. The lowest BCUT2D eigenvalue weighted by Crippen LogP contribution is -2.73. The van der Waals surface area contributed by atoms with Crippen LogP contribution in [0.3, 0.4) is 0 Å². The Hall–Kier alpha value is -1.89. The number of nitrogens with zero attached hydrogens (tertiary/aromatic N) is 1. The number of Topliss-reactive ketones (excluding diaryl/α,β-unsaturated/α-hetero) is 1. The maximum absolute atomic E-state index is 14.4. The average Bonchev–Trinajstić information content (AvgIpc) is 3.74. The van der Waals surface area contributed by atoms with Gasteiger partial charge < -0.3 is 58.5 Å². The number of nitrogens with one attached hydrogen (secondary N) is 1. The number of hydrogen-bond donors (Lipinski definition) is 4. The van der Waals surface area contributed by atoms with Gasteiger partial charge in [-0.1, -0.05) is 20.4 Å². The van der Waals surface area contributed by atoms with Crippen LogP contribution in [-0.4, -0.2) is 151 Å². The van der Waals surface area contributed by atoms with Crippen molar-refractivity contribution >= 4 is 17.4 Å². The fourth-order valence-corrected chi connectivity index (χ4v) is 12.8. The Kier molecular flexibility index (Phi) is 13.0. The van der Waals surface area contributed by atoms with Crippen molar-refractivity contribution in [3.05, 3.63) is 12.2 Å². The van der Waals surface area contributed by atoms with E-state index >= 15 is 0 Å². The van der Waals surface area contributed by atoms with Gasteiger partial charge in [-0.3, -0.25) is 14.6 Å². The van der Waals surface area contributed by atoms with E-state index in [9.17, 15) is 24.9 Å². The highest BCUT2D eigenvalue weighted by atomic mass is 16.7. The van der Waals surface area contributed by atoms with E-state index in [4.69, 9.17) is 42.9 Å². The van der Waals surface area contributed by atoms with Crippen molar-refractivity contribution in [2.75, 3.05) is 27.4 Å². The predicted octanol–water partition coefficient (Wildman–Crippen LogP) is 3.32. The average molecular weight is 859 g/mol. The lowest BCUT2D eigenvalue weighted by atomic mass is 9.59. The maximum atomic E-state index is 14.4. The van der Waals surface area contributed by atoms with Crippen molar-refractivity contribution < 1.29 is 62.8 Å². The van der Waals surface area contributed by atoms with Crippen LogP contribution < -0.4 is 5.32 Å². The van der Waals surface area contributed by atoms with Crippen LogP contribution in [0.2, 0.25) is 0 Å². The van der Waals surface area contributed by atoms with E-state index in [0.717, 1.165) is 37.0 Å². The summed E-state index contributed by atoms with van der Waals surface area (Å²) in [6, 6.07) is 0. The van der Waals surface area contributed by atoms with E-state index in [1.807, 2.05) is 0 Å². The molecule has 61 heavy (non-hydrogen) atoms. The van der Waals surface area contributed by atoms with E-state index in [0.29, 0.717) is 38.5 Å². The van der Waals surface area contributed by atoms with Gasteiger partial charge in [0.15, 0.2) is 5.79 Å². The van der Waals surface area contributed by atoms with Gasteiger partial charge in [-0.05, 0) is 74.7 Å². The first-order valence-electron chi connectivity index (χ1n) is 23.4. The van der Waals surface area contributed by atoms with E-state index in [2.05, 4.69) is 25.7 Å². The summed E-state index contributed by atoms with van der Waals surface area (Å²) in [7, 11) is 3.25. The molecule has 0 aromatic rings. The normalized spacial score (nSPS) is 48.8. The van der Waals surface area contributed by atoms with Gasteiger partial charge in [-0.25, -0.2) is 0 Å². The van der Waals surface area contributed by atoms with Crippen LogP contribution in [0.25, 0.3) is 0 Å². The standard InChI is InChI=1S/C46H70N2O13/c1-23-14-28-10-12-45(53)21-34(51)25(3)31-19-33-42(31)59-39-9-7-29-16-26(50)17-32-36(58-38(43(32)55-5)18-30(54-4)22-47-40(52)11-13-49)20-37-41(48-46(39,60-29)44(33)61-45)24(2)15-27(57-37)6-8-35(23)56-28/h24-25,27-39,42-44,49,51,53H,1,6-22H2,2-5H3,(H,47,52)/t24-,25-,27+,28+,29-,30+,31+,32+,33-,34?,35+,36+,37-,38-,39+,42+,43-,44-,45+,46+/m1/s1. The zero-order valence-corrected chi connectivity index (χ0v) is 36.5. The number of fused-ring (bicyclic) bond motifs is 7. The fourth-order valence-electron chi connectivity index (χ4n) is 12.8. The van der Waals surface area contributed by atoms with E-state index in [-0.39, 0.29) is 111 Å². The van der Waals surface area contributed by atoms with Crippen LogP contribution in [0.1, 0.15) is 110 Å². The van der Waals surface area contributed by atoms with Crippen molar-refractivity contribution in [3.63, 3.8) is 0 Å². The van der Waals surface area contributed by atoms with Gasteiger partial charge in [0, 0.05) is 83.3 Å². The molecule has 1 unspecified atom stereocenters. The summed E-state index contributed by atoms with van der Waals surface area (Å²) < 4.78 is 54.4. The molecule has 7 saturated heterocycles. The van der Waals surface area contributed by atoms with Crippen LogP contribution in [0.5, 0.6) is 0 Å². The Morgan fingerprint density at radius 3 is 2.52 bits per heavy atom. The third-order valence-electron chi connectivity index (χ3n) is 16.2. The lowest BCUT2D eigenvalue weighted by molar-refractivity contribution is -0.373. The number of aliphatic hydroxyl groups is 3. The van der Waals surface area contributed by atoms with Crippen LogP contribution in [0.4, 0.5) is 0 Å². The second-order valence-corrected chi connectivity index (χ2v) is 20.1. The molecule has 0 aromatic heterocycles. The second-order valence-electron chi connectivity index (χ2n) is 20.1. The van der Waals surface area contributed by atoms with Gasteiger partial charge in [-0.15, -0.1) is 0 Å². The quantitative estimate of drug-likeness (QED) is 0.260. The first kappa shape index (κ1) is 44.3. The Morgan fingerprint density at radius 1 is 0.934 bits per heavy atom. The SMILES string of the molecule is C=C1C[C@@H]2CC[C@@]3(O)CC(O)[C@H](C)[C@@H]4C[C@@H]5[C@H]4O[C@H]4CC[C@@H]6CC(=O)C[C@@H]7[C@@H](OC)[C@@H](C[C@@H](CNC(=O)CCO)OC)O[C@H]7C[C@H]7O[C@@H](CC[C@@H]1O2)C[C@@H](C)C7=N[C@@]4(O6)[C@@H]5O3. The number of rotatable bonds is 8. The van der Waals surface area contributed by atoms with Crippen LogP contribution >= 0.6 is 0 Å². The Morgan fingerprint density at radius 2 is 1.74 bits per heavy atom. The number of aliphatic imine (C=N–C) groups is 1. The van der Waals surface area contributed by atoms with Crippen molar-refractivity contribution in [2.24, 2.45) is 34.6 Å². The number of amides is 1. The molecule has 4 N–H and O–H groups in total. The number of methoxy groups -OCH3 is 2. The van der Waals surface area contributed by atoms with Gasteiger partial charge in [-0.2, -0.15) is 0 Å². The first-order valence-corrected chi connectivity index (χ1v) is 23.4. The third kappa shape index (κ3) is 8.57. The van der Waals surface area contributed by atoms with Crippen molar-refractivity contribution in [1.82, 2.24) is 5.32 Å². The molecule has 1 amide bonds. The minimum atomic E-state index is -1.69. The molecule has 0 radical (unpaired) electrons. The molecule has 10 heterocycles. The molecule has 1 saturated carbocycles. The van der Waals surface area contributed by atoms with Gasteiger partial charge in [0.05, 0.1) is 73.8 Å². The Bertz CT molecular complexity index is 1660. The summed E-state index contributed by atoms with van der Waals surface area (Å²) in [5, 5.41) is 36.5. The highest BCUT2D eigenvalue weighted by molar-refractivity contribution is 5.92. The van der Waals surface area contributed by atoms with Crippen LogP contribution in [0, 0.1) is 29.6 Å². The Labute approximate surface area is 359 Å². The monoisotopic (exact) mass is 858 g/mol. The van der Waals surface area contributed by atoms with Gasteiger partial charge in [0.25, 0.3) is 0 Å². The van der Waals surface area contributed by atoms with Crippen molar-refractivity contribution in [2.45, 2.75) is 201 Å². The molecule has 15 heteroatoms. The minimum Gasteiger partial charge on any atom is -0.396 e. The van der Waals surface area contributed by atoms with E-state index in [1.54, 1.807) is 14.2 Å². The number of ether oxygens (including phenoxy) is 8. The molecule has 0 aromatic carbocycles. The topological polar surface area (TPSA) is 193 Å². The van der Waals surface area contributed by atoms with Crippen LogP contribution in [0.15, 0.2) is 17.1 Å². The summed E-state index contributed by atoms with van der Waals surface area (Å²) in [5.74, 6) is -2.37. The molecule has 20 atom stereocenters. The molecule has 15 nitrogen and oxygen atoms in total. The molecule has 12 bridgehead atoms. The van der Waals surface area contributed by atoms with E-state index in [1.165, 1.54) is 0 Å². The lowest BCUT2D eigenvalue weighted by Gasteiger charge is -2.62. The first-order chi connectivity index (χ1) is 29.3. The largest absolute Gasteiger partial charge is 0.396 e. The van der Waals surface area contributed by atoms with Crippen molar-refractivity contribution in [3.8, 4) is 0 Å². The summed E-state index contributed by atoms with van der Waals surface area (Å²) in [6.45, 7) is 8.68. The maximum Gasteiger partial charge on any atom is 0.222 e. The second kappa shape index (κ2) is 17.8. The highest BCUT2D eigenvalue weighted by Crippen LogP contribution is 2.58. The zero-order valence-electron chi connectivity index (χ0n) is 36.5. The molecular weight excluding hydrogens is 789 g/mol. The zero-order chi connectivity index (χ0) is 42.8. The molecule has 10 aliphatic heterocycles. The van der Waals surface area contributed by atoms with Gasteiger partial charge in [0.2, 0.25) is 11.6 Å². The van der Waals surface area contributed by atoms with Crippen molar-refractivity contribution in [1.29, 1.82) is 0 Å². The van der Waals surface area contributed by atoms with E-state index < -0.39 is 66.4 Å². The van der Waals surface area contributed by atoms with Crippen LogP contribution in [-0.2, 0) is 47.5 Å². The smallest absolute Gasteiger partial charge is 0.222 e. The molecule has 342 valence electrons. The summed E-state index contributed by atoms with van der Waals surface area (Å²) in [4.78, 5) is 32.4. The molecule has 1 aliphatic carbocycles. The molecule has 8 fully saturated rings. The summed E-state index contributed by atoms with van der Waals surface area (Å²) >= 11 is 0. The molecule has 11 rings (SSSR count). The summed E-state index contributed by atoms with van der Waals surface area (Å²) in [6.07, 6.45) is 1.83. The summed E-state index contributed by atoms with van der Waals surface area (Å²) in [5.41, 5.74) is 0.537. The molecule has 11 aliphatic rings. The number of aliphatic hydroxyl groups excluding tert-OH is 2. The number of carbonyl (C=O) groups excluding carboxylic acids is 2. The highest BCUT2D eigenvalue weighted by Gasteiger charge is 2.68. The predicted molar refractivity (Wildman–Crippen MR) is 219 cm³/mol. The van der Waals surface area contributed by atoms with Gasteiger partial charge in [0.1, 0.15) is 18.0 Å². The minimum absolute atomic E-state index is 0.00760. The number of hydrogen-bond acceptors (Lipinski definition) is 14. The number of carbonyl (C=O) groups is 2. The van der Waals surface area contributed by atoms with Gasteiger partial charge >= 0.3 is 0 Å². The molecule has 1 spiro atoms. The Balaban J connectivity index is 1.12.